The normalized spacial score (nSPS) is 35.6. The molecular weight excluding hydrogens is 118 g/mol. The molecule has 3 heteroatoms. The Kier molecular flexibility index (Phi) is 1.05. The van der Waals surface area contributed by atoms with Crippen LogP contribution in [0.1, 0.15) is 12.8 Å². The highest BCUT2D eigenvalue weighted by Crippen LogP contribution is 2.35. The SMILES string of the molecule is O=[N+]1COC(C2CC2)C1. The predicted octanol–water partition coefficient (Wildman–Crippen LogP) is 0.532. The second kappa shape index (κ2) is 1.77. The fraction of sp³-hybridized carbons (Fsp3) is 1.00. The van der Waals surface area contributed by atoms with Crippen LogP contribution in [0.4, 0.5) is 0 Å². The van der Waals surface area contributed by atoms with Crippen LogP contribution < -0.4 is 0 Å². The highest BCUT2D eigenvalue weighted by atomic mass is 16.5. The van der Waals surface area contributed by atoms with E-state index in [4.69, 9.17) is 4.74 Å². The van der Waals surface area contributed by atoms with Gasteiger partial charge in [-0.05, 0) is 18.8 Å². The molecule has 2 fully saturated rings. The zero-order valence-electron chi connectivity index (χ0n) is 5.25. The Hall–Kier alpha value is -0.440. The molecule has 0 N–H and O–H groups in total. The van der Waals surface area contributed by atoms with Gasteiger partial charge in [-0.3, -0.25) is 0 Å². The molecule has 1 aliphatic carbocycles. The lowest BCUT2D eigenvalue weighted by Crippen LogP contribution is -2.13. The quantitative estimate of drug-likeness (QED) is 0.482. The molecule has 3 nitrogen and oxygen atoms in total. The highest BCUT2D eigenvalue weighted by molar-refractivity contribution is 4.82. The van der Waals surface area contributed by atoms with Gasteiger partial charge in [0.2, 0.25) is 6.54 Å². The van der Waals surface area contributed by atoms with Crippen molar-refractivity contribution in [3.05, 3.63) is 4.91 Å². The lowest BCUT2D eigenvalue weighted by Gasteiger charge is -1.96. The van der Waals surface area contributed by atoms with Crippen molar-refractivity contribution < 1.29 is 9.50 Å². The summed E-state index contributed by atoms with van der Waals surface area (Å²) in [6.07, 6.45) is 2.79. The summed E-state index contributed by atoms with van der Waals surface area (Å²) in [6, 6.07) is 0. The van der Waals surface area contributed by atoms with E-state index in [0.717, 1.165) is 4.76 Å². The predicted molar refractivity (Wildman–Crippen MR) is 31.0 cm³/mol. The van der Waals surface area contributed by atoms with E-state index in [1.54, 1.807) is 0 Å². The minimum atomic E-state index is 0.266. The minimum Gasteiger partial charge on any atom is -0.310 e. The maximum absolute atomic E-state index is 10.6. The summed E-state index contributed by atoms with van der Waals surface area (Å²) in [7, 11) is 0. The van der Waals surface area contributed by atoms with Gasteiger partial charge in [-0.1, -0.05) is 0 Å². The van der Waals surface area contributed by atoms with E-state index in [2.05, 4.69) is 0 Å². The highest BCUT2D eigenvalue weighted by Gasteiger charge is 2.41. The fourth-order valence-electron chi connectivity index (χ4n) is 1.24. The van der Waals surface area contributed by atoms with Crippen molar-refractivity contribution >= 4 is 0 Å². The van der Waals surface area contributed by atoms with Gasteiger partial charge in [-0.2, -0.15) is 0 Å². The number of hydrogen-bond donors (Lipinski definition) is 0. The first kappa shape index (κ1) is 5.35. The number of hydrogen-bond acceptors (Lipinski definition) is 2. The van der Waals surface area contributed by atoms with E-state index in [9.17, 15) is 4.91 Å². The summed E-state index contributed by atoms with van der Waals surface area (Å²) in [5.74, 6) is 0.712. The first-order chi connectivity index (χ1) is 4.36. The Labute approximate surface area is 53.6 Å². The van der Waals surface area contributed by atoms with Crippen LogP contribution in [0.3, 0.4) is 0 Å². The van der Waals surface area contributed by atoms with Gasteiger partial charge in [-0.25, -0.2) is 0 Å². The zero-order chi connectivity index (χ0) is 6.27. The Bertz CT molecular complexity index is 142. The molecule has 0 radical (unpaired) electrons. The van der Waals surface area contributed by atoms with E-state index >= 15 is 0 Å². The van der Waals surface area contributed by atoms with Gasteiger partial charge < -0.3 is 4.74 Å². The maximum Gasteiger partial charge on any atom is 0.296 e. The van der Waals surface area contributed by atoms with Crippen molar-refractivity contribution in [2.24, 2.45) is 5.92 Å². The van der Waals surface area contributed by atoms with Crippen LogP contribution in [-0.4, -0.2) is 24.1 Å². The zero-order valence-corrected chi connectivity index (χ0v) is 5.25. The Morgan fingerprint density at radius 3 is 2.67 bits per heavy atom. The molecule has 0 bridgehead atoms. The molecule has 0 aromatic heterocycles. The molecule has 1 saturated carbocycles. The molecule has 9 heavy (non-hydrogen) atoms. The summed E-state index contributed by atoms with van der Waals surface area (Å²) in [4.78, 5) is 10.6. The number of nitroso groups, excluding NO2 is 1. The van der Waals surface area contributed by atoms with Gasteiger partial charge in [0.15, 0.2) is 0 Å². The van der Waals surface area contributed by atoms with Crippen molar-refractivity contribution in [2.45, 2.75) is 18.9 Å². The lowest BCUT2D eigenvalue weighted by molar-refractivity contribution is -0.545. The largest absolute Gasteiger partial charge is 0.310 e. The van der Waals surface area contributed by atoms with Gasteiger partial charge in [-0.15, -0.1) is 0 Å². The van der Waals surface area contributed by atoms with Crippen molar-refractivity contribution in [1.29, 1.82) is 0 Å². The molecule has 2 rings (SSSR count). The first-order valence-corrected chi connectivity index (χ1v) is 3.40. The van der Waals surface area contributed by atoms with Gasteiger partial charge in [0, 0.05) is 9.67 Å². The molecule has 1 saturated heterocycles. The van der Waals surface area contributed by atoms with E-state index in [1.165, 1.54) is 12.8 Å². The van der Waals surface area contributed by atoms with Crippen LogP contribution in [0.5, 0.6) is 0 Å². The summed E-state index contributed by atoms with van der Waals surface area (Å²) in [6.45, 7) is 0.895. The summed E-state index contributed by atoms with van der Waals surface area (Å²) in [5.41, 5.74) is 0. The summed E-state index contributed by atoms with van der Waals surface area (Å²) in [5, 5.41) is 0. The van der Waals surface area contributed by atoms with Crippen LogP contribution >= 0.6 is 0 Å². The molecule has 0 amide bonds. The van der Waals surface area contributed by atoms with E-state index in [0.29, 0.717) is 19.2 Å². The molecule has 1 atom stereocenters. The van der Waals surface area contributed by atoms with Crippen LogP contribution in [0.15, 0.2) is 0 Å². The smallest absolute Gasteiger partial charge is 0.296 e. The topological polar surface area (TPSA) is 29.3 Å². The first-order valence-electron chi connectivity index (χ1n) is 3.40. The third-order valence-corrected chi connectivity index (χ3v) is 1.96. The van der Waals surface area contributed by atoms with E-state index in [-0.39, 0.29) is 6.10 Å². The Morgan fingerprint density at radius 1 is 1.44 bits per heavy atom. The standard InChI is InChI=1S/C6H10NO2/c8-7-3-6(9-4-7)5-1-2-5/h5-6H,1-4H2/q+1. The van der Waals surface area contributed by atoms with Gasteiger partial charge >= 0.3 is 0 Å². The number of nitrogens with zero attached hydrogens (tertiary/aromatic N) is 1. The van der Waals surface area contributed by atoms with Crippen molar-refractivity contribution in [3.8, 4) is 0 Å². The van der Waals surface area contributed by atoms with Crippen molar-refractivity contribution in [3.63, 3.8) is 0 Å². The van der Waals surface area contributed by atoms with Crippen molar-refractivity contribution in [2.75, 3.05) is 13.3 Å². The van der Waals surface area contributed by atoms with Gasteiger partial charge in [0.05, 0.1) is 0 Å². The molecular formula is C6H10NO2+. The fourth-order valence-corrected chi connectivity index (χ4v) is 1.24. The van der Waals surface area contributed by atoms with Gasteiger partial charge in [0.1, 0.15) is 6.10 Å². The monoisotopic (exact) mass is 128 g/mol. The van der Waals surface area contributed by atoms with Crippen LogP contribution in [0.25, 0.3) is 0 Å². The molecule has 0 aromatic rings. The molecule has 0 aromatic carbocycles. The molecule has 1 heterocycles. The molecule has 50 valence electrons. The van der Waals surface area contributed by atoms with Gasteiger partial charge in [0.25, 0.3) is 6.73 Å². The Morgan fingerprint density at radius 2 is 2.22 bits per heavy atom. The molecule has 2 aliphatic rings. The molecule has 0 spiro atoms. The molecule has 1 unspecified atom stereocenters. The molecule has 1 aliphatic heterocycles. The average molecular weight is 128 g/mol. The van der Waals surface area contributed by atoms with Crippen LogP contribution in [0.2, 0.25) is 0 Å². The second-order valence-electron chi connectivity index (χ2n) is 2.84. The average Bonchev–Trinajstić information content (AvgIpc) is 2.58. The third kappa shape index (κ3) is 0.965. The van der Waals surface area contributed by atoms with E-state index in [1.807, 2.05) is 0 Å². The Balaban J connectivity index is 1.92. The second-order valence-corrected chi connectivity index (χ2v) is 2.84. The van der Waals surface area contributed by atoms with Crippen molar-refractivity contribution in [1.82, 2.24) is 0 Å². The van der Waals surface area contributed by atoms with Crippen LogP contribution in [0, 0.1) is 10.8 Å². The van der Waals surface area contributed by atoms with E-state index < -0.39 is 0 Å². The summed E-state index contributed by atoms with van der Waals surface area (Å²) >= 11 is 0. The summed E-state index contributed by atoms with van der Waals surface area (Å²) < 4.78 is 6.19. The third-order valence-electron chi connectivity index (χ3n) is 1.96. The number of rotatable bonds is 1. The lowest BCUT2D eigenvalue weighted by atomic mass is 10.2. The van der Waals surface area contributed by atoms with Crippen LogP contribution in [-0.2, 0) is 4.74 Å². The minimum absolute atomic E-state index is 0.266. The number of ether oxygens (including phenoxy) is 1. The maximum atomic E-state index is 10.6.